The minimum absolute atomic E-state index is 0.0310. The van der Waals surface area contributed by atoms with Gasteiger partial charge in [-0.3, -0.25) is 10.1 Å². The van der Waals surface area contributed by atoms with Crippen LogP contribution >= 0.6 is 11.6 Å². The van der Waals surface area contributed by atoms with Crippen molar-refractivity contribution < 1.29 is 18.1 Å². The Bertz CT molecular complexity index is 557. The number of halogens is 4. The van der Waals surface area contributed by atoms with E-state index in [2.05, 4.69) is 0 Å². The van der Waals surface area contributed by atoms with Crippen LogP contribution < -0.4 is 10.6 Å². The SMILES string of the molecule is Nc1cc(N2CCC(C(F)(F)F)CC2)c(Cl)cc1[N+](=O)[O-]. The fourth-order valence-corrected chi connectivity index (χ4v) is 2.69. The van der Waals surface area contributed by atoms with E-state index in [-0.39, 0.29) is 42.3 Å². The Morgan fingerprint density at radius 1 is 1.33 bits per heavy atom. The van der Waals surface area contributed by atoms with Crippen molar-refractivity contribution in [1.29, 1.82) is 0 Å². The molecule has 5 nitrogen and oxygen atoms in total. The molecule has 0 spiro atoms. The highest BCUT2D eigenvalue weighted by Gasteiger charge is 2.41. The molecule has 9 heteroatoms. The van der Waals surface area contributed by atoms with E-state index < -0.39 is 17.0 Å². The molecule has 0 aliphatic carbocycles. The summed E-state index contributed by atoms with van der Waals surface area (Å²) in [5.41, 5.74) is 5.65. The summed E-state index contributed by atoms with van der Waals surface area (Å²) in [7, 11) is 0. The monoisotopic (exact) mass is 323 g/mol. The van der Waals surface area contributed by atoms with Crippen molar-refractivity contribution in [3.63, 3.8) is 0 Å². The maximum atomic E-state index is 12.6. The molecule has 0 unspecified atom stereocenters. The lowest BCUT2D eigenvalue weighted by molar-refractivity contribution is -0.383. The number of rotatable bonds is 2. The van der Waals surface area contributed by atoms with Crippen LogP contribution in [0.2, 0.25) is 5.02 Å². The lowest BCUT2D eigenvalue weighted by atomic mass is 9.96. The quantitative estimate of drug-likeness (QED) is 0.512. The van der Waals surface area contributed by atoms with E-state index in [9.17, 15) is 23.3 Å². The topological polar surface area (TPSA) is 72.4 Å². The van der Waals surface area contributed by atoms with Gasteiger partial charge in [-0.25, -0.2) is 0 Å². The lowest BCUT2D eigenvalue weighted by Gasteiger charge is -2.34. The van der Waals surface area contributed by atoms with Crippen LogP contribution in [0.5, 0.6) is 0 Å². The lowest BCUT2D eigenvalue weighted by Crippen LogP contribution is -2.39. The third-order valence-electron chi connectivity index (χ3n) is 3.59. The van der Waals surface area contributed by atoms with Crippen molar-refractivity contribution in [2.75, 3.05) is 23.7 Å². The van der Waals surface area contributed by atoms with Crippen molar-refractivity contribution in [3.05, 3.63) is 27.3 Å². The van der Waals surface area contributed by atoms with Gasteiger partial charge >= 0.3 is 6.18 Å². The Balaban J connectivity index is 2.18. The van der Waals surface area contributed by atoms with E-state index in [0.717, 1.165) is 6.07 Å². The first-order chi connectivity index (χ1) is 9.70. The number of anilines is 2. The molecule has 2 rings (SSSR count). The zero-order valence-electron chi connectivity index (χ0n) is 10.9. The van der Waals surface area contributed by atoms with Crippen LogP contribution in [0, 0.1) is 16.0 Å². The van der Waals surface area contributed by atoms with Crippen molar-refractivity contribution in [1.82, 2.24) is 0 Å². The molecule has 0 bridgehead atoms. The summed E-state index contributed by atoms with van der Waals surface area (Å²) >= 11 is 5.98. The highest BCUT2D eigenvalue weighted by Crippen LogP contribution is 2.39. The Morgan fingerprint density at radius 3 is 2.38 bits per heavy atom. The molecule has 0 radical (unpaired) electrons. The fourth-order valence-electron chi connectivity index (χ4n) is 2.42. The molecular weight excluding hydrogens is 311 g/mol. The summed E-state index contributed by atoms with van der Waals surface area (Å²) in [6.07, 6.45) is -4.25. The van der Waals surface area contributed by atoms with Gasteiger partial charge in [0.25, 0.3) is 5.69 Å². The molecule has 1 fully saturated rings. The molecule has 1 heterocycles. The maximum absolute atomic E-state index is 12.6. The Kier molecular flexibility index (Phi) is 4.18. The van der Waals surface area contributed by atoms with Crippen LogP contribution in [0.25, 0.3) is 0 Å². The van der Waals surface area contributed by atoms with Gasteiger partial charge in [0, 0.05) is 19.2 Å². The van der Waals surface area contributed by atoms with Gasteiger partial charge in [0.2, 0.25) is 0 Å². The number of hydrogen-bond donors (Lipinski definition) is 1. The number of nitrogen functional groups attached to an aromatic ring is 1. The highest BCUT2D eigenvalue weighted by molar-refractivity contribution is 6.33. The molecule has 1 aliphatic heterocycles. The van der Waals surface area contributed by atoms with E-state index in [4.69, 9.17) is 17.3 Å². The first-order valence-electron chi connectivity index (χ1n) is 6.25. The molecule has 116 valence electrons. The van der Waals surface area contributed by atoms with E-state index in [1.807, 2.05) is 0 Å². The first kappa shape index (κ1) is 15.7. The molecule has 0 saturated carbocycles. The maximum Gasteiger partial charge on any atom is 0.391 e. The van der Waals surface area contributed by atoms with Crippen LogP contribution in [0.3, 0.4) is 0 Å². The minimum atomic E-state index is -4.19. The standard InChI is InChI=1S/C12H13ClF3N3O2/c13-8-5-11(19(20)21)9(17)6-10(8)18-3-1-7(2-4-18)12(14,15)16/h5-7H,1-4,17H2. The zero-order valence-corrected chi connectivity index (χ0v) is 11.6. The van der Waals surface area contributed by atoms with E-state index in [1.54, 1.807) is 4.90 Å². The van der Waals surface area contributed by atoms with Crippen molar-refractivity contribution in [2.24, 2.45) is 5.92 Å². The summed E-state index contributed by atoms with van der Waals surface area (Å²) in [6, 6.07) is 2.47. The van der Waals surface area contributed by atoms with Gasteiger partial charge in [-0.2, -0.15) is 13.2 Å². The van der Waals surface area contributed by atoms with Gasteiger partial charge in [-0.1, -0.05) is 11.6 Å². The summed E-state index contributed by atoms with van der Waals surface area (Å²) in [6.45, 7) is 0.363. The van der Waals surface area contributed by atoms with Gasteiger partial charge < -0.3 is 10.6 Å². The zero-order chi connectivity index (χ0) is 15.8. The predicted molar refractivity (Wildman–Crippen MR) is 73.5 cm³/mol. The summed E-state index contributed by atoms with van der Waals surface area (Å²) in [5, 5.41) is 10.9. The number of nitrogens with two attached hydrogens (primary N) is 1. The highest BCUT2D eigenvalue weighted by atomic mass is 35.5. The van der Waals surface area contributed by atoms with Crippen molar-refractivity contribution >= 4 is 28.7 Å². The second-order valence-electron chi connectivity index (χ2n) is 4.92. The molecule has 0 aromatic heterocycles. The van der Waals surface area contributed by atoms with E-state index in [0.29, 0.717) is 5.69 Å². The average Bonchev–Trinajstić information content (AvgIpc) is 2.40. The van der Waals surface area contributed by atoms with Gasteiger partial charge in [-0.05, 0) is 18.9 Å². The average molecular weight is 324 g/mol. The molecule has 1 aromatic carbocycles. The molecule has 2 N–H and O–H groups in total. The van der Waals surface area contributed by atoms with Gasteiger partial charge in [0.15, 0.2) is 0 Å². The Hall–Kier alpha value is -1.70. The first-order valence-corrected chi connectivity index (χ1v) is 6.63. The molecular formula is C12H13ClF3N3O2. The largest absolute Gasteiger partial charge is 0.393 e. The smallest absolute Gasteiger partial charge is 0.391 e. The number of benzene rings is 1. The Labute approximate surface area is 123 Å². The second kappa shape index (κ2) is 5.59. The van der Waals surface area contributed by atoms with E-state index in [1.165, 1.54) is 6.07 Å². The minimum Gasteiger partial charge on any atom is -0.393 e. The number of nitro benzene ring substituents is 1. The molecule has 21 heavy (non-hydrogen) atoms. The Morgan fingerprint density at radius 2 is 1.90 bits per heavy atom. The van der Waals surface area contributed by atoms with Gasteiger partial charge in [-0.15, -0.1) is 0 Å². The number of piperidine rings is 1. The summed E-state index contributed by atoms with van der Waals surface area (Å²) < 4.78 is 37.8. The fraction of sp³-hybridized carbons (Fsp3) is 0.500. The third kappa shape index (κ3) is 3.31. The molecule has 1 saturated heterocycles. The van der Waals surface area contributed by atoms with Crippen LogP contribution in [0.4, 0.5) is 30.2 Å². The second-order valence-corrected chi connectivity index (χ2v) is 5.33. The summed E-state index contributed by atoms with van der Waals surface area (Å²) in [4.78, 5) is 11.8. The van der Waals surface area contributed by atoms with E-state index >= 15 is 0 Å². The van der Waals surface area contributed by atoms with Crippen LogP contribution in [-0.2, 0) is 0 Å². The number of hydrogen-bond acceptors (Lipinski definition) is 4. The molecule has 0 atom stereocenters. The van der Waals surface area contributed by atoms with Crippen LogP contribution in [0.1, 0.15) is 12.8 Å². The van der Waals surface area contributed by atoms with Crippen LogP contribution in [0.15, 0.2) is 12.1 Å². The summed E-state index contributed by atoms with van der Waals surface area (Å²) in [5.74, 6) is -1.32. The molecule has 1 aliphatic rings. The van der Waals surface area contributed by atoms with Gasteiger partial charge in [0.1, 0.15) is 5.69 Å². The number of nitro groups is 1. The number of alkyl halides is 3. The van der Waals surface area contributed by atoms with Crippen molar-refractivity contribution in [2.45, 2.75) is 19.0 Å². The van der Waals surface area contributed by atoms with Gasteiger partial charge in [0.05, 0.1) is 21.6 Å². The number of nitrogens with zero attached hydrogens (tertiary/aromatic N) is 2. The van der Waals surface area contributed by atoms with Crippen molar-refractivity contribution in [3.8, 4) is 0 Å². The third-order valence-corrected chi connectivity index (χ3v) is 3.89. The predicted octanol–water partition coefficient (Wildman–Crippen LogP) is 3.61. The normalized spacial score (nSPS) is 17.0. The van der Waals surface area contributed by atoms with Crippen LogP contribution in [-0.4, -0.2) is 24.2 Å². The molecule has 1 aromatic rings. The molecule has 0 amide bonds.